The van der Waals surface area contributed by atoms with Crippen LogP contribution in [-0.2, 0) is 9.59 Å². The van der Waals surface area contributed by atoms with Crippen molar-refractivity contribution in [1.29, 1.82) is 0 Å². The average Bonchev–Trinajstić information content (AvgIpc) is 2.87. The number of carboxylic acid groups (broad SMARTS) is 1. The maximum atomic E-state index is 10.3. The van der Waals surface area contributed by atoms with E-state index in [2.05, 4.69) is 34.0 Å². The van der Waals surface area contributed by atoms with E-state index in [1.165, 1.54) is 5.56 Å². The molecule has 1 amide bonds. The molecule has 1 aromatic heterocycles. The smallest absolute Gasteiger partial charge is 0.290 e. The van der Waals surface area contributed by atoms with Crippen LogP contribution in [0.15, 0.2) is 60.8 Å². The molecule has 3 aromatic rings. The van der Waals surface area contributed by atoms with E-state index >= 15 is 0 Å². The van der Waals surface area contributed by atoms with E-state index in [1.807, 2.05) is 59.5 Å². The van der Waals surface area contributed by atoms with Gasteiger partial charge in [0.15, 0.2) is 0 Å². The SMILES string of the molecule is CCN1CCN(C=O)CC1.Cc1ccc(Nc2nccc(-c3ccc(Cl)cc3)n2)cc1.O=CO. The van der Waals surface area contributed by atoms with E-state index in [0.717, 1.165) is 56.1 Å². The molecule has 2 N–H and O–H groups in total. The van der Waals surface area contributed by atoms with Crippen molar-refractivity contribution in [3.8, 4) is 11.3 Å². The first-order valence-corrected chi connectivity index (χ1v) is 11.3. The summed E-state index contributed by atoms with van der Waals surface area (Å²) in [7, 11) is 0. The summed E-state index contributed by atoms with van der Waals surface area (Å²) in [5.41, 5.74) is 4.05. The summed E-state index contributed by atoms with van der Waals surface area (Å²) in [5.74, 6) is 0.575. The minimum Gasteiger partial charge on any atom is -0.483 e. The molecule has 0 atom stereocenters. The van der Waals surface area contributed by atoms with E-state index in [9.17, 15) is 4.79 Å². The fraction of sp³-hybridized carbons (Fsp3) is 0.280. The van der Waals surface area contributed by atoms with Crippen molar-refractivity contribution in [2.45, 2.75) is 13.8 Å². The third-order valence-corrected chi connectivity index (χ3v) is 5.36. The quantitative estimate of drug-likeness (QED) is 0.521. The second-order valence-electron chi connectivity index (χ2n) is 7.44. The number of hydrogen-bond donors (Lipinski definition) is 2. The number of carbonyl (C=O) groups excluding carboxylic acids is 1. The molecule has 1 aliphatic rings. The number of likely N-dealkylation sites (N-methyl/N-ethyl adjacent to an activating group) is 1. The topological polar surface area (TPSA) is 98.7 Å². The van der Waals surface area contributed by atoms with Crippen molar-refractivity contribution in [2.24, 2.45) is 0 Å². The summed E-state index contributed by atoms with van der Waals surface area (Å²) in [5, 5.41) is 10.8. The van der Waals surface area contributed by atoms with Crippen LogP contribution in [0.25, 0.3) is 11.3 Å². The van der Waals surface area contributed by atoms with E-state index < -0.39 is 0 Å². The fourth-order valence-electron chi connectivity index (χ4n) is 3.15. The predicted octanol–water partition coefficient (Wildman–Crippen LogP) is 4.33. The van der Waals surface area contributed by atoms with E-state index in [1.54, 1.807) is 6.20 Å². The number of hydrogen-bond acceptors (Lipinski definition) is 6. The molecule has 0 bridgehead atoms. The number of nitrogens with zero attached hydrogens (tertiary/aromatic N) is 4. The second kappa shape index (κ2) is 14.6. The molecule has 0 aliphatic carbocycles. The first-order chi connectivity index (χ1) is 16.5. The van der Waals surface area contributed by atoms with Gasteiger partial charge in [-0.25, -0.2) is 9.97 Å². The van der Waals surface area contributed by atoms with Crippen LogP contribution in [0.1, 0.15) is 12.5 Å². The van der Waals surface area contributed by atoms with Crippen LogP contribution in [0.4, 0.5) is 11.6 Å². The lowest BCUT2D eigenvalue weighted by molar-refractivity contribution is -0.123. The van der Waals surface area contributed by atoms with E-state index in [4.69, 9.17) is 21.5 Å². The van der Waals surface area contributed by atoms with Crippen molar-refractivity contribution in [1.82, 2.24) is 19.8 Å². The maximum Gasteiger partial charge on any atom is 0.290 e. The Bertz CT molecular complexity index is 1010. The Morgan fingerprint density at radius 3 is 2.18 bits per heavy atom. The number of rotatable bonds is 5. The fourth-order valence-corrected chi connectivity index (χ4v) is 3.28. The monoisotopic (exact) mass is 483 g/mol. The first kappa shape index (κ1) is 26.8. The largest absolute Gasteiger partial charge is 0.483 e. The second-order valence-corrected chi connectivity index (χ2v) is 7.88. The molecule has 2 heterocycles. The molecule has 1 fully saturated rings. The highest BCUT2D eigenvalue weighted by Gasteiger charge is 2.12. The molecule has 0 radical (unpaired) electrons. The highest BCUT2D eigenvalue weighted by Crippen LogP contribution is 2.21. The van der Waals surface area contributed by atoms with Gasteiger partial charge >= 0.3 is 0 Å². The van der Waals surface area contributed by atoms with Crippen LogP contribution in [0.5, 0.6) is 0 Å². The molecular weight excluding hydrogens is 454 g/mol. The lowest BCUT2D eigenvalue weighted by Crippen LogP contribution is -2.45. The summed E-state index contributed by atoms with van der Waals surface area (Å²) < 4.78 is 0. The highest BCUT2D eigenvalue weighted by atomic mass is 35.5. The van der Waals surface area contributed by atoms with Crippen LogP contribution in [0.3, 0.4) is 0 Å². The third kappa shape index (κ3) is 9.17. The Hall–Kier alpha value is -3.49. The van der Waals surface area contributed by atoms with Crippen LogP contribution in [0.2, 0.25) is 5.02 Å². The van der Waals surface area contributed by atoms with Crippen molar-refractivity contribution < 1.29 is 14.7 Å². The molecule has 0 saturated carbocycles. The van der Waals surface area contributed by atoms with Crippen LogP contribution in [-0.4, -0.2) is 70.5 Å². The summed E-state index contributed by atoms with van der Waals surface area (Å²) >= 11 is 5.91. The van der Waals surface area contributed by atoms with Gasteiger partial charge in [-0.1, -0.05) is 48.4 Å². The molecule has 2 aromatic carbocycles. The Kier molecular flexibility index (Phi) is 11.5. The number of benzene rings is 2. The zero-order valence-electron chi connectivity index (χ0n) is 19.4. The van der Waals surface area contributed by atoms with Gasteiger partial charge in [0.05, 0.1) is 5.69 Å². The standard InChI is InChI=1S/C17H14ClN3.C7H14N2O.CH2O2/c1-12-2-8-15(9-3-12)20-17-19-11-10-16(21-17)13-4-6-14(18)7-5-13;1-2-8-3-5-9(7-10)6-4-8;2-1-3/h2-11H,1H3,(H,19,20,21);7H,2-6H2,1H3;1H,(H,2,3). The molecular formula is C25H30ClN5O3. The number of aryl methyl sites for hydroxylation is 1. The van der Waals surface area contributed by atoms with Crippen LogP contribution in [0, 0.1) is 6.92 Å². The molecule has 1 aliphatic heterocycles. The first-order valence-electron chi connectivity index (χ1n) is 10.9. The number of anilines is 2. The van der Waals surface area contributed by atoms with E-state index in [0.29, 0.717) is 11.0 Å². The number of nitrogens with one attached hydrogen (secondary N) is 1. The zero-order valence-corrected chi connectivity index (χ0v) is 20.2. The number of halogens is 1. The summed E-state index contributed by atoms with van der Waals surface area (Å²) in [6.07, 6.45) is 2.68. The van der Waals surface area contributed by atoms with Crippen molar-refractivity contribution >= 4 is 36.1 Å². The summed E-state index contributed by atoms with van der Waals surface area (Å²) in [6.45, 7) is 8.93. The van der Waals surface area contributed by atoms with Gasteiger partial charge in [-0.15, -0.1) is 0 Å². The lowest BCUT2D eigenvalue weighted by atomic mass is 10.1. The number of piperazine rings is 1. The lowest BCUT2D eigenvalue weighted by Gasteiger charge is -2.31. The Morgan fingerprint density at radius 2 is 1.62 bits per heavy atom. The van der Waals surface area contributed by atoms with Gasteiger partial charge in [-0.3, -0.25) is 9.59 Å². The van der Waals surface area contributed by atoms with Gasteiger partial charge in [-0.2, -0.15) is 0 Å². The van der Waals surface area contributed by atoms with Crippen molar-refractivity contribution in [2.75, 3.05) is 38.0 Å². The molecule has 0 unspecified atom stereocenters. The van der Waals surface area contributed by atoms with Crippen molar-refractivity contribution in [3.05, 3.63) is 71.4 Å². The molecule has 9 heteroatoms. The van der Waals surface area contributed by atoms with Gasteiger partial charge < -0.3 is 20.2 Å². The Morgan fingerprint density at radius 1 is 1.00 bits per heavy atom. The normalized spacial score (nSPS) is 13.0. The van der Waals surface area contributed by atoms with Crippen molar-refractivity contribution in [3.63, 3.8) is 0 Å². The molecule has 0 spiro atoms. The minimum absolute atomic E-state index is 0.250. The molecule has 180 valence electrons. The number of aromatic nitrogens is 2. The maximum absolute atomic E-state index is 10.3. The highest BCUT2D eigenvalue weighted by molar-refractivity contribution is 6.30. The van der Waals surface area contributed by atoms with Crippen LogP contribution >= 0.6 is 11.6 Å². The summed E-state index contributed by atoms with van der Waals surface area (Å²) in [4.78, 5) is 31.6. The molecule has 1 saturated heterocycles. The number of carbonyl (C=O) groups is 2. The van der Waals surface area contributed by atoms with Gasteiger partial charge in [0, 0.05) is 48.6 Å². The molecule has 4 rings (SSSR count). The van der Waals surface area contributed by atoms with Gasteiger partial charge in [0.1, 0.15) is 0 Å². The molecule has 34 heavy (non-hydrogen) atoms. The summed E-state index contributed by atoms with van der Waals surface area (Å²) in [6, 6.07) is 17.6. The minimum atomic E-state index is -0.250. The number of amides is 1. The van der Waals surface area contributed by atoms with E-state index in [-0.39, 0.29) is 6.47 Å². The van der Waals surface area contributed by atoms with Gasteiger partial charge in [0.25, 0.3) is 6.47 Å². The molecule has 8 nitrogen and oxygen atoms in total. The Balaban J connectivity index is 0.000000263. The van der Waals surface area contributed by atoms with Gasteiger partial charge in [0.2, 0.25) is 12.4 Å². The average molecular weight is 484 g/mol. The Labute approximate surface area is 205 Å². The zero-order chi connectivity index (χ0) is 24.8. The third-order valence-electron chi connectivity index (χ3n) is 5.11. The van der Waals surface area contributed by atoms with Crippen LogP contribution < -0.4 is 5.32 Å². The van der Waals surface area contributed by atoms with Gasteiger partial charge in [-0.05, 0) is 43.8 Å². The predicted molar refractivity (Wildman–Crippen MR) is 135 cm³/mol.